The van der Waals surface area contributed by atoms with Gasteiger partial charge in [0.1, 0.15) is 44.2 Å². The normalized spacial score (nSPS) is 18.8. The molecule has 75 heavy (non-hydrogen) atoms. The summed E-state index contributed by atoms with van der Waals surface area (Å²) in [6.45, 7) is 1.35. The van der Waals surface area contributed by atoms with Crippen LogP contribution in [0.2, 0.25) is 0 Å². The van der Waals surface area contributed by atoms with Crippen molar-refractivity contribution < 1.29 is 86.5 Å². The van der Waals surface area contributed by atoms with Crippen LogP contribution in [0, 0.1) is 0 Å². The zero-order chi connectivity index (χ0) is 55.0. The van der Waals surface area contributed by atoms with Crippen LogP contribution in [0.25, 0.3) is 0 Å². The molecule has 20 nitrogen and oxygen atoms in total. The second-order valence-electron chi connectivity index (χ2n) is 19.8. The third kappa shape index (κ3) is 41.3. The Hall–Kier alpha value is -2.49. The zero-order valence-electron chi connectivity index (χ0n) is 46.2. The molecule has 7 atom stereocenters. The molecule has 1 saturated heterocycles. The highest BCUT2D eigenvalue weighted by atomic mass is 31.2. The first kappa shape index (κ1) is 70.5. The fraction of sp³-hybridized carbons (Fsp3) is 0.926. The SMILES string of the molecule is CCCCCCCCCCCCCCCCCC(=O)OCC(COP(=O)(O)OCCNC(=O)OCCOCC(=O)NCCO[C@@H]1O[C@H](CO)[C@@H](O)[C@H](O)[C@H]1O)OC(=O)CCCCCCCCCCCCCCCCC. The van der Waals surface area contributed by atoms with Crippen LogP contribution in [0.4, 0.5) is 4.79 Å². The number of aliphatic hydroxyl groups is 4. The molecule has 0 aromatic carbocycles. The lowest BCUT2D eigenvalue weighted by molar-refractivity contribution is -0.300. The second-order valence-corrected chi connectivity index (χ2v) is 21.3. The van der Waals surface area contributed by atoms with Crippen molar-refractivity contribution in [1.82, 2.24) is 10.6 Å². The van der Waals surface area contributed by atoms with E-state index in [2.05, 4.69) is 24.5 Å². The van der Waals surface area contributed by atoms with Gasteiger partial charge in [-0.25, -0.2) is 9.36 Å². The van der Waals surface area contributed by atoms with E-state index in [9.17, 15) is 49.1 Å². The number of amides is 2. The molecule has 0 spiro atoms. The van der Waals surface area contributed by atoms with E-state index in [1.165, 1.54) is 141 Å². The number of nitrogens with one attached hydrogen (secondary N) is 2. The van der Waals surface area contributed by atoms with Crippen molar-refractivity contribution in [2.24, 2.45) is 0 Å². The van der Waals surface area contributed by atoms with Crippen molar-refractivity contribution in [3.63, 3.8) is 0 Å². The van der Waals surface area contributed by atoms with E-state index in [4.69, 9.17) is 37.5 Å². The number of carbonyl (C=O) groups excluding carboxylic acids is 4. The smallest absolute Gasteiger partial charge is 0.462 e. The maximum absolute atomic E-state index is 12.8. The molecule has 2 amide bonds. The number of rotatable bonds is 52. The Kier molecular flexibility index (Phi) is 45.7. The highest BCUT2D eigenvalue weighted by molar-refractivity contribution is 7.47. The fourth-order valence-corrected chi connectivity index (χ4v) is 9.21. The summed E-state index contributed by atoms with van der Waals surface area (Å²) in [6, 6.07) is 0. The molecule has 0 aromatic rings. The largest absolute Gasteiger partial charge is 0.472 e. The Morgan fingerprint density at radius 3 is 1.49 bits per heavy atom. The minimum atomic E-state index is -4.70. The molecule has 0 aromatic heterocycles. The highest BCUT2D eigenvalue weighted by Crippen LogP contribution is 2.43. The van der Waals surface area contributed by atoms with Gasteiger partial charge < -0.3 is 64.4 Å². The summed E-state index contributed by atoms with van der Waals surface area (Å²) in [5, 5.41) is 43.8. The van der Waals surface area contributed by atoms with Crippen molar-refractivity contribution in [3.05, 3.63) is 0 Å². The van der Waals surface area contributed by atoms with Crippen LogP contribution >= 0.6 is 7.82 Å². The first-order valence-electron chi connectivity index (χ1n) is 29.0. The maximum Gasteiger partial charge on any atom is 0.472 e. The number of ether oxygens (including phenoxy) is 6. The van der Waals surface area contributed by atoms with Crippen LogP contribution in [-0.2, 0) is 56.4 Å². The molecular formula is C54H103N2O18P. The monoisotopic (exact) mass is 1100 g/mol. The van der Waals surface area contributed by atoms with Crippen LogP contribution in [0.5, 0.6) is 0 Å². The summed E-state index contributed by atoms with van der Waals surface area (Å²) in [5.41, 5.74) is 0. The number of hydrogen-bond acceptors (Lipinski definition) is 17. The van der Waals surface area contributed by atoms with Crippen molar-refractivity contribution in [3.8, 4) is 0 Å². The van der Waals surface area contributed by atoms with Crippen LogP contribution < -0.4 is 10.6 Å². The molecule has 0 radical (unpaired) electrons. The first-order chi connectivity index (χ1) is 36.3. The summed E-state index contributed by atoms with van der Waals surface area (Å²) < 4.78 is 54.4. The molecule has 1 aliphatic rings. The van der Waals surface area contributed by atoms with Gasteiger partial charge in [-0.3, -0.25) is 23.4 Å². The Morgan fingerprint density at radius 2 is 1.00 bits per heavy atom. The summed E-state index contributed by atoms with van der Waals surface area (Å²) in [6.07, 6.45) is 27.2. The van der Waals surface area contributed by atoms with Crippen molar-refractivity contribution in [2.45, 2.75) is 256 Å². The van der Waals surface area contributed by atoms with Gasteiger partial charge >= 0.3 is 25.9 Å². The number of hydrogen-bond donors (Lipinski definition) is 7. The molecule has 0 aliphatic carbocycles. The third-order valence-corrected chi connectivity index (χ3v) is 14.0. The quantitative estimate of drug-likeness (QED) is 0.0130. The first-order valence-corrected chi connectivity index (χ1v) is 30.5. The van der Waals surface area contributed by atoms with Crippen molar-refractivity contribution >= 4 is 31.8 Å². The molecule has 21 heteroatoms. The van der Waals surface area contributed by atoms with E-state index >= 15 is 0 Å². The zero-order valence-corrected chi connectivity index (χ0v) is 47.0. The van der Waals surface area contributed by atoms with Gasteiger partial charge in [0.2, 0.25) is 5.91 Å². The van der Waals surface area contributed by atoms with E-state index < -0.39 is 88.4 Å². The molecule has 1 aliphatic heterocycles. The lowest BCUT2D eigenvalue weighted by Gasteiger charge is -2.39. The number of phosphoric ester groups is 1. The van der Waals surface area contributed by atoms with E-state index in [0.29, 0.717) is 12.8 Å². The Bertz CT molecular complexity index is 1450. The Labute approximate surface area is 449 Å². The van der Waals surface area contributed by atoms with Crippen LogP contribution in [0.1, 0.15) is 219 Å². The Balaban J connectivity index is 2.36. The molecule has 442 valence electrons. The van der Waals surface area contributed by atoms with Gasteiger partial charge in [0.05, 0.1) is 33.0 Å². The molecule has 7 N–H and O–H groups in total. The molecule has 0 saturated carbocycles. The number of unbranched alkanes of at least 4 members (excludes halogenated alkanes) is 28. The summed E-state index contributed by atoms with van der Waals surface area (Å²) in [5.74, 6) is -1.51. The van der Waals surface area contributed by atoms with E-state index in [-0.39, 0.29) is 59.0 Å². The van der Waals surface area contributed by atoms with Crippen molar-refractivity contribution in [1.29, 1.82) is 0 Å². The van der Waals surface area contributed by atoms with Gasteiger partial charge in [0.15, 0.2) is 12.4 Å². The van der Waals surface area contributed by atoms with Crippen LogP contribution in [-0.4, -0.2) is 152 Å². The molecule has 0 bridgehead atoms. The standard InChI is InChI=1S/C54H103N2O18P/c1-3-5-7-9-11-13-15-17-19-21-23-25-27-29-31-33-48(59)70-42-45(73-49(60)34-32-30-28-26-24-22-20-18-16-14-12-10-8-6-4-2)43-72-75(65,66)71-38-36-56-54(64)69-40-39-67-44-47(58)55-35-37-68-53-52(63)51(62)50(61)46(41-57)74-53/h45-46,50-53,57,61-63H,3-44H2,1-2H3,(H,55,58)(H,56,64)(H,65,66)/t45?,46-,50-,51+,52-,53-/m1/s1. The number of phosphoric acid groups is 1. The summed E-state index contributed by atoms with van der Waals surface area (Å²) >= 11 is 0. The molecule has 1 rings (SSSR count). The molecular weight excluding hydrogens is 996 g/mol. The molecule has 1 fully saturated rings. The number of alkyl carbamates (subject to hydrolysis) is 1. The van der Waals surface area contributed by atoms with Gasteiger partial charge in [-0.15, -0.1) is 0 Å². The third-order valence-electron chi connectivity index (χ3n) is 13.0. The summed E-state index contributed by atoms with van der Waals surface area (Å²) in [7, 11) is -4.70. The number of carbonyl (C=O) groups is 4. The Morgan fingerprint density at radius 1 is 0.533 bits per heavy atom. The predicted octanol–water partition coefficient (Wildman–Crippen LogP) is 8.77. The minimum Gasteiger partial charge on any atom is -0.462 e. The highest BCUT2D eigenvalue weighted by Gasteiger charge is 2.44. The van der Waals surface area contributed by atoms with Gasteiger partial charge in [0, 0.05) is 25.9 Å². The van der Waals surface area contributed by atoms with E-state index in [0.717, 1.165) is 38.5 Å². The maximum atomic E-state index is 12.8. The average molecular weight is 1100 g/mol. The predicted molar refractivity (Wildman–Crippen MR) is 285 cm³/mol. The van der Waals surface area contributed by atoms with Crippen LogP contribution in [0.15, 0.2) is 0 Å². The van der Waals surface area contributed by atoms with E-state index in [1.807, 2.05) is 0 Å². The molecule has 2 unspecified atom stereocenters. The topological polar surface area (TPSA) is 284 Å². The lowest BCUT2D eigenvalue weighted by atomic mass is 9.99. The summed E-state index contributed by atoms with van der Waals surface area (Å²) in [4.78, 5) is 59.9. The number of aliphatic hydroxyl groups excluding tert-OH is 4. The minimum absolute atomic E-state index is 0.0211. The fourth-order valence-electron chi connectivity index (χ4n) is 8.46. The van der Waals surface area contributed by atoms with Crippen molar-refractivity contribution in [2.75, 3.05) is 65.9 Å². The second kappa shape index (κ2) is 48.6. The molecule has 1 heterocycles. The lowest BCUT2D eigenvalue weighted by Crippen LogP contribution is -2.59. The average Bonchev–Trinajstić information content (AvgIpc) is 3.39. The van der Waals surface area contributed by atoms with Gasteiger partial charge in [0.25, 0.3) is 0 Å². The number of esters is 2. The van der Waals surface area contributed by atoms with E-state index in [1.54, 1.807) is 0 Å². The van der Waals surface area contributed by atoms with Gasteiger partial charge in [-0.05, 0) is 12.8 Å². The van der Waals surface area contributed by atoms with Crippen LogP contribution in [0.3, 0.4) is 0 Å². The van der Waals surface area contributed by atoms with Gasteiger partial charge in [-0.2, -0.15) is 0 Å². The van der Waals surface area contributed by atoms with Gasteiger partial charge in [-0.1, -0.05) is 194 Å².